The molecule has 258 valence electrons. The Labute approximate surface area is 263 Å². The van der Waals surface area contributed by atoms with E-state index in [2.05, 4.69) is 23.7 Å². The van der Waals surface area contributed by atoms with Gasteiger partial charge in [0.1, 0.15) is 24.2 Å². The fourth-order valence-electron chi connectivity index (χ4n) is 1.98. The second-order valence-corrected chi connectivity index (χ2v) is 8.69. The number of hydrogen-bond acceptors (Lipinski definition) is 13. The van der Waals surface area contributed by atoms with E-state index < -0.39 is 66.4 Å². The van der Waals surface area contributed by atoms with Gasteiger partial charge in [0.15, 0.2) is 5.96 Å². The number of rotatable bonds is 14. The first-order valence-electron chi connectivity index (χ1n) is 12.5. The molecular weight excluding hydrogens is 624 g/mol. The number of nitrogens with one attached hydrogen (secondary N) is 2. The number of benzene rings is 1. The first-order valence-corrected chi connectivity index (χ1v) is 13.2. The molecule has 4 atom stereocenters. The maximum atomic E-state index is 10.4. The first kappa shape index (κ1) is 47.4. The fourth-order valence-corrected chi connectivity index (χ4v) is 2.13. The van der Waals surface area contributed by atoms with Crippen molar-refractivity contribution in [3.8, 4) is 0 Å². The van der Waals surface area contributed by atoms with Crippen LogP contribution in [0.25, 0.3) is 0 Å². The monoisotopic (exact) mass is 668 g/mol. The third-order valence-electron chi connectivity index (χ3n) is 4.34. The third kappa shape index (κ3) is 37.4. The Hall–Kier alpha value is -4.54. The minimum Gasteiger partial charge on any atom is -0.481 e. The summed E-state index contributed by atoms with van der Waals surface area (Å²) in [6.45, 7) is 0.205. The number of guanidine groups is 1. The average Bonchev–Trinajstić information content (AvgIpc) is 2.95. The zero-order valence-electron chi connectivity index (χ0n) is 24.2. The van der Waals surface area contributed by atoms with Crippen LogP contribution < -0.4 is 39.7 Å². The number of thiol groups is 1. The van der Waals surface area contributed by atoms with Crippen molar-refractivity contribution in [3.05, 3.63) is 35.9 Å². The van der Waals surface area contributed by atoms with Gasteiger partial charge in [-0.2, -0.15) is 12.6 Å². The molecule has 0 amide bonds. The molecule has 0 heterocycles. The summed E-state index contributed by atoms with van der Waals surface area (Å²) in [5, 5.41) is 57.9. The molecule has 20 N–H and O–H groups in total. The summed E-state index contributed by atoms with van der Waals surface area (Å²) < 4.78 is 0. The lowest BCUT2D eigenvalue weighted by atomic mass is 10.1. The Morgan fingerprint density at radius 3 is 1.42 bits per heavy atom. The zero-order valence-corrected chi connectivity index (χ0v) is 25.1. The number of carboxylic acids is 6. The van der Waals surface area contributed by atoms with Crippen LogP contribution in [0, 0.1) is 5.41 Å². The largest absolute Gasteiger partial charge is 0.481 e. The smallest absolute Gasteiger partial charge is 0.321 e. The van der Waals surface area contributed by atoms with Crippen LogP contribution in [-0.4, -0.2) is 115 Å². The molecule has 45 heavy (non-hydrogen) atoms. The van der Waals surface area contributed by atoms with Gasteiger partial charge in [0.2, 0.25) is 0 Å². The van der Waals surface area contributed by atoms with Crippen molar-refractivity contribution in [2.45, 2.75) is 49.9 Å². The van der Waals surface area contributed by atoms with E-state index in [1.165, 1.54) is 0 Å². The lowest BCUT2D eigenvalue weighted by Gasteiger charge is -2.06. The summed E-state index contributed by atoms with van der Waals surface area (Å²) in [5.41, 5.74) is 30.9. The topological polar surface area (TPSA) is 416 Å². The maximum Gasteiger partial charge on any atom is 0.321 e. The van der Waals surface area contributed by atoms with Crippen LogP contribution in [0.1, 0.15) is 24.8 Å². The minimum atomic E-state index is -1.29. The number of carbonyl (C=O) groups is 6. The fraction of sp³-hybridized carbons (Fsp3) is 0.458. The molecule has 0 aliphatic carbocycles. The van der Waals surface area contributed by atoms with Gasteiger partial charge in [-0.15, -0.1) is 0 Å². The second-order valence-electron chi connectivity index (χ2n) is 8.33. The molecule has 1 rings (SSSR count). The number of carboxylic acid groups (broad SMARTS) is 6. The highest BCUT2D eigenvalue weighted by Crippen LogP contribution is 2.01. The molecule has 0 spiro atoms. The molecule has 0 aliphatic heterocycles. The Balaban J connectivity index is -0.000000241. The van der Waals surface area contributed by atoms with Crippen molar-refractivity contribution in [2.24, 2.45) is 34.4 Å². The van der Waals surface area contributed by atoms with Gasteiger partial charge in [0.05, 0.1) is 13.0 Å². The average molecular weight is 669 g/mol. The summed E-state index contributed by atoms with van der Waals surface area (Å²) in [5.74, 6) is -6.35. The van der Waals surface area contributed by atoms with Gasteiger partial charge < -0.3 is 70.4 Å². The molecular formula is C24H44N8O12S. The number of aliphatic carboxylic acids is 6. The van der Waals surface area contributed by atoms with Crippen LogP contribution in [0.3, 0.4) is 0 Å². The van der Waals surface area contributed by atoms with Crippen LogP contribution in [0.15, 0.2) is 30.3 Å². The van der Waals surface area contributed by atoms with Crippen molar-refractivity contribution in [1.29, 1.82) is 5.41 Å². The van der Waals surface area contributed by atoms with Crippen molar-refractivity contribution in [1.82, 2.24) is 5.32 Å². The Kier molecular flexibility index (Phi) is 31.1. The van der Waals surface area contributed by atoms with Crippen molar-refractivity contribution in [3.63, 3.8) is 0 Å². The summed E-state index contributed by atoms with van der Waals surface area (Å²) in [6.07, 6.45) is 0.828. The van der Waals surface area contributed by atoms with E-state index in [4.69, 9.17) is 64.7 Å². The summed E-state index contributed by atoms with van der Waals surface area (Å²) >= 11 is 3.65. The lowest BCUT2D eigenvalue weighted by Crippen LogP contribution is -2.34. The Morgan fingerprint density at radius 2 is 1.16 bits per heavy atom. The third-order valence-corrected chi connectivity index (χ3v) is 4.73. The van der Waals surface area contributed by atoms with E-state index in [1.807, 2.05) is 30.3 Å². The van der Waals surface area contributed by atoms with E-state index in [0.29, 0.717) is 25.8 Å². The summed E-state index contributed by atoms with van der Waals surface area (Å²) in [7, 11) is 0. The van der Waals surface area contributed by atoms with Gasteiger partial charge in [-0.25, -0.2) is 0 Å². The highest BCUT2D eigenvalue weighted by atomic mass is 32.1. The molecule has 0 saturated heterocycles. The number of nitrogens with two attached hydrogens (primary N) is 6. The van der Waals surface area contributed by atoms with E-state index >= 15 is 0 Å². The quantitative estimate of drug-likeness (QED) is 0.0396. The van der Waals surface area contributed by atoms with Gasteiger partial charge in [0, 0.05) is 12.3 Å². The standard InChI is InChI=1S/C9H11NO2.C6H14N4O2.C4H7NO4.C3H7NO2S.C2H5NO2/c10-8(9(11)12)6-7-4-2-1-3-5-7;7-4(5(11)12)2-1-3-10-6(8)9;5-2(4(8)9)1-3(6)7;4-2(1-7)3(5)6;3-1-2(4)5/h1-5,8H,6,10H2,(H,11,12);4H,1-3,7H2,(H,11,12)(H4,8,9,10);2H,1,5H2,(H,6,7)(H,8,9);2,7H,1,4H2,(H,5,6);1,3H2,(H,4,5). The molecule has 0 bridgehead atoms. The van der Waals surface area contributed by atoms with Crippen LogP contribution in [0.2, 0.25) is 0 Å². The molecule has 4 unspecified atom stereocenters. The van der Waals surface area contributed by atoms with Crippen LogP contribution in [-0.2, 0) is 35.2 Å². The maximum absolute atomic E-state index is 10.4. The molecule has 20 nitrogen and oxygen atoms in total. The van der Waals surface area contributed by atoms with E-state index in [-0.39, 0.29) is 18.3 Å². The zero-order chi connectivity index (χ0) is 36.1. The predicted molar refractivity (Wildman–Crippen MR) is 165 cm³/mol. The molecule has 0 fully saturated rings. The van der Waals surface area contributed by atoms with Gasteiger partial charge >= 0.3 is 35.8 Å². The Bertz CT molecular complexity index is 1040. The van der Waals surface area contributed by atoms with Crippen molar-refractivity contribution in [2.75, 3.05) is 18.8 Å². The second kappa shape index (κ2) is 29.5. The Morgan fingerprint density at radius 1 is 0.733 bits per heavy atom. The number of hydrogen-bond donors (Lipinski definition) is 15. The van der Waals surface area contributed by atoms with E-state index in [9.17, 15) is 28.8 Å². The summed E-state index contributed by atoms with van der Waals surface area (Å²) in [6, 6.07) is 5.62. The van der Waals surface area contributed by atoms with E-state index in [0.717, 1.165) is 5.56 Å². The van der Waals surface area contributed by atoms with Crippen LogP contribution in [0.5, 0.6) is 0 Å². The summed E-state index contributed by atoms with van der Waals surface area (Å²) in [4.78, 5) is 59.2. The van der Waals surface area contributed by atoms with E-state index in [1.54, 1.807) is 0 Å². The minimum absolute atomic E-state index is 0.112. The normalized spacial score (nSPS) is 12.0. The predicted octanol–water partition coefficient (Wildman–Crippen LogP) is -3.47. The highest BCUT2D eigenvalue weighted by Gasteiger charge is 2.14. The van der Waals surface area contributed by atoms with Gasteiger partial charge in [0.25, 0.3) is 0 Å². The van der Waals surface area contributed by atoms with Crippen molar-refractivity contribution >= 4 is 54.4 Å². The molecule has 0 aliphatic rings. The highest BCUT2D eigenvalue weighted by molar-refractivity contribution is 7.80. The van der Waals surface area contributed by atoms with Crippen LogP contribution >= 0.6 is 12.6 Å². The molecule has 1 aromatic carbocycles. The van der Waals surface area contributed by atoms with Crippen molar-refractivity contribution < 1.29 is 59.4 Å². The SMILES string of the molecule is N=C(N)NCCCC(N)C(=O)O.NC(CC(=O)O)C(=O)O.NC(CS)C(=O)O.NC(Cc1ccccc1)C(=O)O.NCC(=O)O. The van der Waals surface area contributed by atoms with Gasteiger partial charge in [-0.05, 0) is 24.8 Å². The van der Waals surface area contributed by atoms with Gasteiger partial charge in [-0.3, -0.25) is 34.2 Å². The molecule has 1 aromatic rings. The van der Waals surface area contributed by atoms with Crippen LogP contribution in [0.4, 0.5) is 0 Å². The molecule has 0 saturated carbocycles. The molecule has 0 radical (unpaired) electrons. The lowest BCUT2D eigenvalue weighted by molar-refractivity contribution is -0.144. The van der Waals surface area contributed by atoms with Gasteiger partial charge in [-0.1, -0.05) is 30.3 Å². The molecule has 0 aromatic heterocycles. The first-order chi connectivity index (χ1) is 20.7. The molecule has 21 heteroatoms.